The molecule has 0 heterocycles. The van der Waals surface area contributed by atoms with Crippen molar-refractivity contribution in [2.75, 3.05) is 32.8 Å². The summed E-state index contributed by atoms with van der Waals surface area (Å²) < 4.78 is 11.4. The Labute approximate surface area is 126 Å². The van der Waals surface area contributed by atoms with Gasteiger partial charge in [-0.1, -0.05) is 26.1 Å². The van der Waals surface area contributed by atoms with Gasteiger partial charge in [-0.15, -0.1) is 0 Å². The van der Waals surface area contributed by atoms with E-state index >= 15 is 0 Å². The molecule has 20 heavy (non-hydrogen) atoms. The average molecular weight is 296 g/mol. The Morgan fingerprint density at radius 1 is 1.15 bits per heavy atom. The molecule has 112 valence electrons. The Morgan fingerprint density at radius 3 is 2.40 bits per heavy atom. The van der Waals surface area contributed by atoms with Crippen molar-refractivity contribution in [2.24, 2.45) is 5.73 Å². The summed E-state index contributed by atoms with van der Waals surface area (Å²) in [6.07, 6.45) is 0. The third kappa shape index (κ3) is 4.98. The van der Waals surface area contributed by atoms with E-state index in [1.54, 1.807) is 0 Å². The van der Waals surface area contributed by atoms with Crippen molar-refractivity contribution < 1.29 is 9.47 Å². The molecule has 2 N–H and O–H groups in total. The molecule has 1 aromatic carbocycles. The van der Waals surface area contributed by atoms with Crippen LogP contribution in [0.5, 0.6) is 11.5 Å². The fourth-order valence-electron chi connectivity index (χ4n) is 1.87. The molecular weight excluding hydrogens is 272 g/mol. The number of nitrogens with two attached hydrogens (primary N) is 1. The quantitative estimate of drug-likeness (QED) is 0.709. The summed E-state index contributed by atoms with van der Waals surface area (Å²) >= 11 is 4.98. The lowest BCUT2D eigenvalue weighted by molar-refractivity contribution is 0.214. The van der Waals surface area contributed by atoms with Crippen molar-refractivity contribution >= 4 is 17.2 Å². The van der Waals surface area contributed by atoms with E-state index in [9.17, 15) is 0 Å². The molecule has 0 aliphatic rings. The largest absolute Gasteiger partial charge is 0.490 e. The van der Waals surface area contributed by atoms with Crippen molar-refractivity contribution in [1.29, 1.82) is 0 Å². The zero-order valence-electron chi connectivity index (χ0n) is 12.5. The van der Waals surface area contributed by atoms with Gasteiger partial charge in [-0.2, -0.15) is 0 Å². The second-order valence-corrected chi connectivity index (χ2v) is 4.77. The van der Waals surface area contributed by atoms with Crippen LogP contribution in [0, 0.1) is 0 Å². The second-order valence-electron chi connectivity index (χ2n) is 4.33. The molecule has 0 aromatic heterocycles. The van der Waals surface area contributed by atoms with Gasteiger partial charge in [0, 0.05) is 12.1 Å². The molecule has 0 atom stereocenters. The van der Waals surface area contributed by atoms with Crippen LogP contribution >= 0.6 is 12.2 Å². The molecule has 1 aromatic rings. The van der Waals surface area contributed by atoms with Crippen molar-refractivity contribution in [2.45, 2.75) is 20.8 Å². The van der Waals surface area contributed by atoms with Crippen LogP contribution in [-0.4, -0.2) is 42.7 Å². The van der Waals surface area contributed by atoms with Gasteiger partial charge in [0.2, 0.25) is 0 Å². The second kappa shape index (κ2) is 8.76. The molecule has 0 fully saturated rings. The molecule has 0 saturated carbocycles. The summed E-state index contributed by atoms with van der Waals surface area (Å²) in [5, 5.41) is 0. The number of thiocarbonyl (C=S) groups is 1. The molecule has 0 spiro atoms. The lowest BCUT2D eigenvalue weighted by Gasteiger charge is -2.19. The van der Waals surface area contributed by atoms with Gasteiger partial charge in [0.1, 0.15) is 11.6 Å². The smallest absolute Gasteiger partial charge is 0.161 e. The molecule has 4 nitrogen and oxygen atoms in total. The molecule has 0 bridgehead atoms. The van der Waals surface area contributed by atoms with Crippen LogP contribution in [0.1, 0.15) is 26.3 Å². The zero-order valence-corrected chi connectivity index (χ0v) is 13.3. The SMILES string of the molecule is CCOc1cc(C(N)=S)ccc1OCCN(CC)CC. The molecule has 0 radical (unpaired) electrons. The first kappa shape index (κ1) is 16.7. The molecular formula is C15H24N2O2S. The van der Waals surface area contributed by atoms with Crippen LogP contribution in [-0.2, 0) is 0 Å². The number of likely N-dealkylation sites (N-methyl/N-ethyl adjacent to an activating group) is 1. The van der Waals surface area contributed by atoms with E-state index in [4.69, 9.17) is 27.4 Å². The van der Waals surface area contributed by atoms with Gasteiger partial charge in [-0.3, -0.25) is 0 Å². The molecule has 0 aliphatic heterocycles. The van der Waals surface area contributed by atoms with Gasteiger partial charge in [0.05, 0.1) is 6.61 Å². The Hall–Kier alpha value is -1.33. The van der Waals surface area contributed by atoms with E-state index in [1.807, 2.05) is 25.1 Å². The van der Waals surface area contributed by atoms with E-state index in [0.29, 0.717) is 24.0 Å². The Bertz CT molecular complexity index is 434. The highest BCUT2D eigenvalue weighted by atomic mass is 32.1. The van der Waals surface area contributed by atoms with Gasteiger partial charge in [0.15, 0.2) is 11.5 Å². The van der Waals surface area contributed by atoms with Crippen molar-refractivity contribution in [1.82, 2.24) is 4.90 Å². The first-order valence-electron chi connectivity index (χ1n) is 7.04. The predicted molar refractivity (Wildman–Crippen MR) is 86.8 cm³/mol. The molecule has 5 heteroatoms. The number of nitrogens with zero attached hydrogens (tertiary/aromatic N) is 1. The van der Waals surface area contributed by atoms with Gasteiger partial charge in [-0.05, 0) is 38.2 Å². The normalized spacial score (nSPS) is 10.6. The lowest BCUT2D eigenvalue weighted by atomic mass is 10.2. The van der Waals surface area contributed by atoms with Crippen LogP contribution in [0.4, 0.5) is 0 Å². The van der Waals surface area contributed by atoms with Gasteiger partial charge in [-0.25, -0.2) is 0 Å². The van der Waals surface area contributed by atoms with E-state index < -0.39 is 0 Å². The molecule has 0 amide bonds. The first-order valence-corrected chi connectivity index (χ1v) is 7.44. The summed E-state index contributed by atoms with van der Waals surface area (Å²) in [4.78, 5) is 2.67. The van der Waals surface area contributed by atoms with Gasteiger partial charge in [0.25, 0.3) is 0 Å². The van der Waals surface area contributed by atoms with Crippen LogP contribution < -0.4 is 15.2 Å². The molecule has 0 aliphatic carbocycles. The molecule has 1 rings (SSSR count). The maximum Gasteiger partial charge on any atom is 0.161 e. The molecule has 0 unspecified atom stereocenters. The Kier molecular flexibility index (Phi) is 7.33. The van der Waals surface area contributed by atoms with E-state index in [-0.39, 0.29) is 0 Å². The summed E-state index contributed by atoms with van der Waals surface area (Å²) in [7, 11) is 0. The van der Waals surface area contributed by atoms with E-state index in [2.05, 4.69) is 18.7 Å². The minimum atomic E-state index is 0.362. The van der Waals surface area contributed by atoms with Crippen LogP contribution in [0.15, 0.2) is 18.2 Å². The summed E-state index contributed by atoms with van der Waals surface area (Å²) in [5.41, 5.74) is 6.42. The third-order valence-electron chi connectivity index (χ3n) is 3.09. The average Bonchev–Trinajstić information content (AvgIpc) is 2.45. The maximum atomic E-state index is 5.81. The van der Waals surface area contributed by atoms with E-state index in [1.165, 1.54) is 0 Å². The fourth-order valence-corrected chi connectivity index (χ4v) is 2.00. The highest BCUT2D eigenvalue weighted by molar-refractivity contribution is 7.80. The number of rotatable bonds is 9. The summed E-state index contributed by atoms with van der Waals surface area (Å²) in [6.45, 7) is 10.4. The minimum absolute atomic E-state index is 0.362. The maximum absolute atomic E-state index is 5.81. The third-order valence-corrected chi connectivity index (χ3v) is 3.32. The highest BCUT2D eigenvalue weighted by Crippen LogP contribution is 2.28. The van der Waals surface area contributed by atoms with Crippen LogP contribution in [0.25, 0.3) is 0 Å². The number of hydrogen-bond acceptors (Lipinski definition) is 4. The topological polar surface area (TPSA) is 47.7 Å². The fraction of sp³-hybridized carbons (Fsp3) is 0.533. The number of benzene rings is 1. The van der Waals surface area contributed by atoms with Crippen molar-refractivity contribution in [3.8, 4) is 11.5 Å². The van der Waals surface area contributed by atoms with Crippen molar-refractivity contribution in [3.63, 3.8) is 0 Å². The summed E-state index contributed by atoms with van der Waals surface area (Å²) in [5.74, 6) is 1.43. The van der Waals surface area contributed by atoms with Gasteiger partial charge < -0.3 is 20.1 Å². The minimum Gasteiger partial charge on any atom is -0.490 e. The Morgan fingerprint density at radius 2 is 1.85 bits per heavy atom. The van der Waals surface area contributed by atoms with E-state index in [0.717, 1.165) is 30.9 Å². The number of hydrogen-bond donors (Lipinski definition) is 1. The number of ether oxygens (including phenoxy) is 2. The zero-order chi connectivity index (χ0) is 15.0. The summed E-state index contributed by atoms with van der Waals surface area (Å²) in [6, 6.07) is 5.55. The Balaban J connectivity index is 2.70. The standard InChI is InChI=1S/C15H24N2O2S/c1-4-17(5-2)9-10-19-13-8-7-12(15(16)20)11-14(13)18-6-3/h7-8,11H,4-6,9-10H2,1-3H3,(H2,16,20). The molecule has 0 saturated heterocycles. The van der Waals surface area contributed by atoms with Crippen molar-refractivity contribution in [3.05, 3.63) is 23.8 Å². The lowest BCUT2D eigenvalue weighted by Crippen LogP contribution is -2.28. The highest BCUT2D eigenvalue weighted by Gasteiger charge is 2.08. The van der Waals surface area contributed by atoms with Gasteiger partial charge >= 0.3 is 0 Å². The first-order chi connectivity index (χ1) is 9.62. The monoisotopic (exact) mass is 296 g/mol. The van der Waals surface area contributed by atoms with Crippen LogP contribution in [0.3, 0.4) is 0 Å². The van der Waals surface area contributed by atoms with Crippen LogP contribution in [0.2, 0.25) is 0 Å². The predicted octanol–water partition coefficient (Wildman–Crippen LogP) is 2.44.